The van der Waals surface area contributed by atoms with Crippen LogP contribution in [0.1, 0.15) is 6.92 Å². The smallest absolute Gasteiger partial charge is 0.331 e. The number of esters is 1. The van der Waals surface area contributed by atoms with Crippen molar-refractivity contribution in [2.24, 2.45) is 7.05 Å². The van der Waals surface area contributed by atoms with E-state index in [1.165, 1.54) is 22.5 Å². The van der Waals surface area contributed by atoms with E-state index < -0.39 is 0 Å². The fourth-order valence-electron chi connectivity index (χ4n) is 0.662. The monoisotopic (exact) mass is 214 g/mol. The third-order valence-corrected chi connectivity index (χ3v) is 2.07. The molecule has 0 amide bonds. The van der Waals surface area contributed by atoms with Crippen molar-refractivity contribution in [3.05, 3.63) is 11.5 Å². The molecule has 14 heavy (non-hydrogen) atoms. The number of carbonyl (C=O) groups excluding carboxylic acids is 1. The van der Waals surface area contributed by atoms with Crippen molar-refractivity contribution in [1.29, 1.82) is 0 Å². The van der Waals surface area contributed by atoms with E-state index in [2.05, 4.69) is 15.5 Å². The number of thioether (sulfide) groups is 1. The molecule has 0 spiro atoms. The van der Waals surface area contributed by atoms with Crippen LogP contribution in [0, 0.1) is 0 Å². The minimum absolute atomic E-state index is 0.366. The van der Waals surface area contributed by atoms with Gasteiger partial charge in [0, 0.05) is 13.1 Å². The van der Waals surface area contributed by atoms with Gasteiger partial charge in [0.05, 0.1) is 6.61 Å². The third kappa shape index (κ3) is 3.17. The Morgan fingerprint density at radius 2 is 2.50 bits per heavy atom. The number of carbonyl (C=O) groups is 1. The van der Waals surface area contributed by atoms with Crippen LogP contribution in [0.4, 0.5) is 0 Å². The molecule has 0 aliphatic carbocycles. The van der Waals surface area contributed by atoms with Gasteiger partial charge in [0.2, 0.25) is 5.16 Å². The maximum absolute atomic E-state index is 10.9. The maximum Gasteiger partial charge on any atom is 0.331 e. The van der Waals surface area contributed by atoms with E-state index in [0.717, 1.165) is 0 Å². The molecule has 0 fully saturated rings. The van der Waals surface area contributed by atoms with Crippen molar-refractivity contribution >= 4 is 17.7 Å². The van der Waals surface area contributed by atoms with E-state index in [1.807, 2.05) is 0 Å². The van der Waals surface area contributed by atoms with Gasteiger partial charge in [0.1, 0.15) is 0 Å². The molecular weight excluding hydrogens is 204 g/mol. The summed E-state index contributed by atoms with van der Waals surface area (Å²) in [6.45, 7) is 2.13. The van der Waals surface area contributed by atoms with Crippen molar-refractivity contribution < 1.29 is 9.53 Å². The second-order valence-corrected chi connectivity index (χ2v) is 3.13. The van der Waals surface area contributed by atoms with E-state index in [4.69, 9.17) is 4.74 Å². The summed E-state index contributed by atoms with van der Waals surface area (Å²) < 4.78 is 6.21. The maximum atomic E-state index is 10.9. The quantitative estimate of drug-likeness (QED) is 0.410. The van der Waals surface area contributed by atoms with Gasteiger partial charge >= 0.3 is 5.97 Å². The molecule has 0 bridgehead atoms. The van der Waals surface area contributed by atoms with E-state index >= 15 is 0 Å². The molecule has 76 valence electrons. The Morgan fingerprint density at radius 3 is 3.07 bits per heavy atom. The highest BCUT2D eigenvalue weighted by molar-refractivity contribution is 8.02. The third-order valence-electron chi connectivity index (χ3n) is 1.25. The van der Waals surface area contributed by atoms with Crippen LogP contribution in [-0.2, 0) is 16.6 Å². The molecule has 0 unspecified atom stereocenters. The Labute approximate surface area is 85.3 Å². The molecule has 0 aliphatic rings. The van der Waals surface area contributed by atoms with Crippen molar-refractivity contribution in [2.45, 2.75) is 12.1 Å². The van der Waals surface area contributed by atoms with Gasteiger partial charge in [-0.1, -0.05) is 11.8 Å². The lowest BCUT2D eigenvalue weighted by Gasteiger charge is -1.94. The summed E-state index contributed by atoms with van der Waals surface area (Å²) in [6, 6.07) is 0. The van der Waals surface area contributed by atoms with Gasteiger partial charge in [0.25, 0.3) is 0 Å². The first-order valence-electron chi connectivity index (χ1n) is 3.96. The Hall–Kier alpha value is -1.37. The van der Waals surface area contributed by atoms with Gasteiger partial charge in [-0.15, -0.1) is 5.10 Å². The molecule has 0 saturated heterocycles. The van der Waals surface area contributed by atoms with Crippen molar-refractivity contribution in [3.63, 3.8) is 0 Å². The summed E-state index contributed by atoms with van der Waals surface area (Å²) in [5.74, 6) is -0.366. The summed E-state index contributed by atoms with van der Waals surface area (Å²) in [4.78, 5) is 10.9. The van der Waals surface area contributed by atoms with Gasteiger partial charge in [-0.25, -0.2) is 9.48 Å². The molecule has 0 aliphatic heterocycles. The molecule has 0 N–H and O–H groups in total. The van der Waals surface area contributed by atoms with Gasteiger partial charge < -0.3 is 4.74 Å². The van der Waals surface area contributed by atoms with Crippen LogP contribution in [0.15, 0.2) is 16.6 Å². The second kappa shape index (κ2) is 5.38. The molecule has 0 saturated carbocycles. The zero-order valence-corrected chi connectivity index (χ0v) is 8.69. The number of aryl methyl sites for hydroxylation is 1. The van der Waals surface area contributed by atoms with E-state index in [-0.39, 0.29) is 5.97 Å². The topological polar surface area (TPSA) is 69.9 Å². The van der Waals surface area contributed by atoms with Gasteiger partial charge in [-0.05, 0) is 22.8 Å². The van der Waals surface area contributed by atoms with Gasteiger partial charge in [-0.3, -0.25) is 0 Å². The van der Waals surface area contributed by atoms with Crippen LogP contribution in [0.5, 0.6) is 0 Å². The number of nitrogens with zero attached hydrogens (tertiary/aromatic N) is 4. The number of hydrogen-bond acceptors (Lipinski definition) is 6. The van der Waals surface area contributed by atoms with Crippen LogP contribution >= 0.6 is 11.8 Å². The SMILES string of the molecule is CCOC(=O)/C=C\Sc1nnnn1C. The highest BCUT2D eigenvalue weighted by Crippen LogP contribution is 2.13. The molecule has 1 rings (SSSR count). The van der Waals surface area contributed by atoms with Crippen LogP contribution in [-0.4, -0.2) is 32.8 Å². The largest absolute Gasteiger partial charge is 0.463 e. The molecule has 1 heterocycles. The first kappa shape index (κ1) is 10.7. The van der Waals surface area contributed by atoms with Crippen molar-refractivity contribution in [3.8, 4) is 0 Å². The van der Waals surface area contributed by atoms with Crippen molar-refractivity contribution in [2.75, 3.05) is 6.61 Å². The minimum atomic E-state index is -0.366. The van der Waals surface area contributed by atoms with Crippen molar-refractivity contribution in [1.82, 2.24) is 20.2 Å². The van der Waals surface area contributed by atoms with E-state index in [0.29, 0.717) is 11.8 Å². The normalized spacial score (nSPS) is 10.7. The van der Waals surface area contributed by atoms with Crippen LogP contribution in [0.25, 0.3) is 0 Å². The molecule has 1 aromatic heterocycles. The molecule has 7 heteroatoms. The zero-order valence-electron chi connectivity index (χ0n) is 7.88. The number of rotatable bonds is 4. The number of tetrazole rings is 1. The average molecular weight is 214 g/mol. The molecule has 6 nitrogen and oxygen atoms in total. The first-order valence-corrected chi connectivity index (χ1v) is 4.84. The fourth-order valence-corrected chi connectivity index (χ4v) is 1.24. The summed E-state index contributed by atoms with van der Waals surface area (Å²) in [5.41, 5.74) is 0. The average Bonchev–Trinajstić information content (AvgIpc) is 2.52. The van der Waals surface area contributed by atoms with Crippen LogP contribution < -0.4 is 0 Å². The molecule has 0 aromatic carbocycles. The van der Waals surface area contributed by atoms with Crippen LogP contribution in [0.3, 0.4) is 0 Å². The summed E-state index contributed by atoms with van der Waals surface area (Å²) in [5, 5.41) is 13.0. The summed E-state index contributed by atoms with van der Waals surface area (Å²) in [7, 11) is 1.72. The standard InChI is InChI=1S/C7H10N4O2S/c1-3-13-6(12)4-5-14-7-8-9-10-11(7)2/h4-5H,3H2,1-2H3/b5-4-. The van der Waals surface area contributed by atoms with Gasteiger partial charge in [0.15, 0.2) is 0 Å². The Balaban J connectivity index is 2.41. The van der Waals surface area contributed by atoms with E-state index in [9.17, 15) is 4.79 Å². The molecule has 1 aromatic rings. The number of aromatic nitrogens is 4. The first-order chi connectivity index (χ1) is 6.74. The molecular formula is C7H10N4O2S. The Bertz CT molecular complexity index is 336. The lowest BCUT2D eigenvalue weighted by atomic mass is 10.6. The summed E-state index contributed by atoms with van der Waals surface area (Å²) in [6.07, 6.45) is 1.34. The Kier molecular flexibility index (Phi) is 4.11. The highest BCUT2D eigenvalue weighted by Gasteiger charge is 2.00. The molecule has 0 radical (unpaired) electrons. The van der Waals surface area contributed by atoms with E-state index in [1.54, 1.807) is 19.4 Å². The predicted molar refractivity (Wildman–Crippen MR) is 50.4 cm³/mol. The lowest BCUT2D eigenvalue weighted by Crippen LogP contribution is -1.98. The van der Waals surface area contributed by atoms with Gasteiger partial charge in [-0.2, -0.15) is 0 Å². The number of ether oxygens (including phenoxy) is 1. The molecule has 0 atom stereocenters. The number of hydrogen-bond donors (Lipinski definition) is 0. The lowest BCUT2D eigenvalue weighted by molar-refractivity contribution is -0.137. The second-order valence-electron chi connectivity index (χ2n) is 2.26. The fraction of sp³-hybridized carbons (Fsp3) is 0.429. The predicted octanol–water partition coefficient (Wildman–Crippen LogP) is 0.379. The zero-order chi connectivity index (χ0) is 10.4. The van der Waals surface area contributed by atoms with Crippen LogP contribution in [0.2, 0.25) is 0 Å². The highest BCUT2D eigenvalue weighted by atomic mass is 32.2. The Morgan fingerprint density at radius 1 is 1.71 bits per heavy atom. The minimum Gasteiger partial charge on any atom is -0.463 e. The summed E-state index contributed by atoms with van der Waals surface area (Å²) >= 11 is 1.25.